The lowest BCUT2D eigenvalue weighted by Crippen LogP contribution is -2.54. The molecule has 0 radical (unpaired) electrons. The molecule has 0 bridgehead atoms. The molecule has 4 rings (SSSR count). The second-order valence-electron chi connectivity index (χ2n) is 8.91. The normalized spacial score (nSPS) is 16.3. The first-order valence-electron chi connectivity index (χ1n) is 11.8. The number of nitrogens with one attached hydrogen (secondary N) is 1. The van der Waals surface area contributed by atoms with Gasteiger partial charge in [0.1, 0.15) is 11.9 Å². The molecule has 184 valence electrons. The summed E-state index contributed by atoms with van der Waals surface area (Å²) >= 11 is 0. The first-order valence-corrected chi connectivity index (χ1v) is 13.3. The van der Waals surface area contributed by atoms with E-state index in [0.29, 0.717) is 25.3 Å². The monoisotopic (exact) mass is 493 g/mol. The Bertz CT molecular complexity index is 1230. The summed E-state index contributed by atoms with van der Waals surface area (Å²) in [6.07, 6.45) is 0.359. The van der Waals surface area contributed by atoms with Gasteiger partial charge in [-0.2, -0.15) is 0 Å². The minimum atomic E-state index is -3.97. The van der Waals surface area contributed by atoms with Gasteiger partial charge in [0.25, 0.3) is 0 Å². The quantitative estimate of drug-likeness (QED) is 0.468. The molecule has 0 saturated carbocycles. The Morgan fingerprint density at radius 3 is 2.11 bits per heavy atom. The molecule has 1 saturated heterocycles. The molecule has 1 heterocycles. The number of carbonyl (C=O) groups excluding carboxylic acids is 1. The zero-order valence-electron chi connectivity index (χ0n) is 20.1. The molecule has 1 fully saturated rings. The van der Waals surface area contributed by atoms with Gasteiger partial charge >= 0.3 is 5.97 Å². The van der Waals surface area contributed by atoms with E-state index < -0.39 is 26.7 Å². The summed E-state index contributed by atoms with van der Waals surface area (Å²) in [6, 6.07) is 24.4. The van der Waals surface area contributed by atoms with Crippen LogP contribution in [-0.4, -0.2) is 45.4 Å². The van der Waals surface area contributed by atoms with Gasteiger partial charge in [0.2, 0.25) is 0 Å². The number of methoxy groups -OCH3 is 1. The van der Waals surface area contributed by atoms with Crippen molar-refractivity contribution >= 4 is 15.8 Å². The third kappa shape index (κ3) is 5.26. The fourth-order valence-electron chi connectivity index (χ4n) is 4.52. The second kappa shape index (κ2) is 10.6. The number of sulfone groups is 1. The molecule has 6 nitrogen and oxygen atoms in total. The molecular formula is C28H31NO5S. The van der Waals surface area contributed by atoms with Crippen molar-refractivity contribution in [1.29, 1.82) is 0 Å². The van der Waals surface area contributed by atoms with Crippen LogP contribution in [0.5, 0.6) is 5.75 Å². The number of piperidine rings is 1. The summed E-state index contributed by atoms with van der Waals surface area (Å²) in [4.78, 5) is 13.5. The van der Waals surface area contributed by atoms with Gasteiger partial charge in [0, 0.05) is 6.42 Å². The molecule has 0 aromatic heterocycles. The summed E-state index contributed by atoms with van der Waals surface area (Å²) in [7, 11) is -2.45. The van der Waals surface area contributed by atoms with Gasteiger partial charge in [-0.1, -0.05) is 54.6 Å². The van der Waals surface area contributed by atoms with Crippen molar-refractivity contribution in [3.63, 3.8) is 0 Å². The standard InChI is InChI=1S/C28H31NO5S/c1-21(20-22-8-10-24(11-9-22)23-6-4-3-5-7-23)34-27(30)28(16-18-29-19-17-28)35(31,32)26-14-12-25(33-2)13-15-26/h3-15,21,29H,16-20H2,1-2H3. The van der Waals surface area contributed by atoms with Gasteiger partial charge < -0.3 is 14.8 Å². The number of esters is 1. The van der Waals surface area contributed by atoms with Crippen LogP contribution in [-0.2, 0) is 25.8 Å². The van der Waals surface area contributed by atoms with Crippen molar-refractivity contribution in [3.05, 3.63) is 84.4 Å². The minimum absolute atomic E-state index is 0.0984. The van der Waals surface area contributed by atoms with Crippen LogP contribution >= 0.6 is 0 Å². The smallest absolute Gasteiger partial charge is 0.328 e. The number of carbonyl (C=O) groups is 1. The molecule has 7 heteroatoms. The number of ether oxygens (including phenoxy) is 2. The van der Waals surface area contributed by atoms with Gasteiger partial charge in [0.05, 0.1) is 12.0 Å². The lowest BCUT2D eigenvalue weighted by molar-refractivity contribution is -0.152. The first-order chi connectivity index (χ1) is 16.9. The fourth-order valence-corrected chi connectivity index (χ4v) is 6.48. The average Bonchev–Trinajstić information content (AvgIpc) is 2.90. The highest BCUT2D eigenvalue weighted by atomic mass is 32.2. The first kappa shape index (κ1) is 24.9. The van der Waals surface area contributed by atoms with E-state index in [0.717, 1.165) is 16.7 Å². The van der Waals surface area contributed by atoms with Crippen LogP contribution in [0.1, 0.15) is 25.3 Å². The van der Waals surface area contributed by atoms with Crippen LogP contribution in [0.2, 0.25) is 0 Å². The Morgan fingerprint density at radius 2 is 1.51 bits per heavy atom. The second-order valence-corrected chi connectivity index (χ2v) is 11.2. The van der Waals surface area contributed by atoms with E-state index in [4.69, 9.17) is 9.47 Å². The Hall–Kier alpha value is -3.16. The van der Waals surface area contributed by atoms with Gasteiger partial charge in [-0.15, -0.1) is 0 Å². The Balaban J connectivity index is 1.50. The molecule has 3 aromatic rings. The van der Waals surface area contributed by atoms with E-state index in [1.807, 2.05) is 42.5 Å². The van der Waals surface area contributed by atoms with Gasteiger partial charge in [-0.25, -0.2) is 8.42 Å². The third-order valence-corrected chi connectivity index (χ3v) is 9.06. The van der Waals surface area contributed by atoms with E-state index in [9.17, 15) is 13.2 Å². The summed E-state index contributed by atoms with van der Waals surface area (Å²) in [5, 5.41) is 3.16. The highest BCUT2D eigenvalue weighted by Gasteiger charge is 2.53. The van der Waals surface area contributed by atoms with Crippen molar-refractivity contribution in [2.24, 2.45) is 0 Å². The fraction of sp³-hybridized carbons (Fsp3) is 0.321. The predicted octanol–water partition coefficient (Wildman–Crippen LogP) is 4.43. The summed E-state index contributed by atoms with van der Waals surface area (Å²) in [5.41, 5.74) is 3.26. The maximum atomic E-state index is 13.7. The third-order valence-electron chi connectivity index (χ3n) is 6.56. The van der Waals surface area contributed by atoms with Crippen molar-refractivity contribution in [1.82, 2.24) is 5.32 Å². The van der Waals surface area contributed by atoms with E-state index >= 15 is 0 Å². The average molecular weight is 494 g/mol. The number of hydrogen-bond acceptors (Lipinski definition) is 6. The minimum Gasteiger partial charge on any atom is -0.497 e. The van der Waals surface area contributed by atoms with Crippen LogP contribution in [0.3, 0.4) is 0 Å². The zero-order valence-corrected chi connectivity index (χ0v) is 20.9. The van der Waals surface area contributed by atoms with Gasteiger partial charge in [0.15, 0.2) is 14.6 Å². The topological polar surface area (TPSA) is 81.7 Å². The van der Waals surface area contributed by atoms with E-state index in [1.54, 1.807) is 19.1 Å². The number of rotatable bonds is 8. The van der Waals surface area contributed by atoms with Gasteiger partial charge in [-0.05, 0) is 73.8 Å². The van der Waals surface area contributed by atoms with Crippen LogP contribution in [0.4, 0.5) is 0 Å². The lowest BCUT2D eigenvalue weighted by atomic mass is 9.97. The predicted molar refractivity (Wildman–Crippen MR) is 136 cm³/mol. The summed E-state index contributed by atoms with van der Waals surface area (Å²) in [5.74, 6) is -0.124. The maximum Gasteiger partial charge on any atom is 0.328 e. The lowest BCUT2D eigenvalue weighted by Gasteiger charge is -2.35. The van der Waals surface area contributed by atoms with Crippen LogP contribution in [0.15, 0.2) is 83.8 Å². The molecule has 0 amide bonds. The van der Waals surface area contributed by atoms with Crippen molar-refractivity contribution < 1.29 is 22.7 Å². The number of benzene rings is 3. The molecule has 1 aliphatic rings. The molecule has 1 N–H and O–H groups in total. The Morgan fingerprint density at radius 1 is 0.914 bits per heavy atom. The van der Waals surface area contributed by atoms with Crippen LogP contribution < -0.4 is 10.1 Å². The largest absolute Gasteiger partial charge is 0.497 e. The molecule has 35 heavy (non-hydrogen) atoms. The molecule has 1 atom stereocenters. The summed E-state index contributed by atoms with van der Waals surface area (Å²) in [6.45, 7) is 2.66. The van der Waals surface area contributed by atoms with Crippen molar-refractivity contribution in [2.75, 3.05) is 20.2 Å². The molecular weight excluding hydrogens is 462 g/mol. The zero-order chi connectivity index (χ0) is 24.9. The Labute approximate surface area is 207 Å². The SMILES string of the molecule is COc1ccc(S(=O)(=O)C2(C(=O)OC(C)Cc3ccc(-c4ccccc4)cc3)CCNCC2)cc1. The molecule has 0 aliphatic carbocycles. The molecule has 1 aliphatic heterocycles. The van der Waals surface area contributed by atoms with E-state index in [-0.39, 0.29) is 17.7 Å². The van der Waals surface area contributed by atoms with E-state index in [2.05, 4.69) is 17.4 Å². The maximum absolute atomic E-state index is 13.7. The summed E-state index contributed by atoms with van der Waals surface area (Å²) < 4.78 is 36.7. The Kier molecular flexibility index (Phi) is 7.57. The van der Waals surface area contributed by atoms with Crippen molar-refractivity contribution in [3.8, 4) is 16.9 Å². The van der Waals surface area contributed by atoms with Gasteiger partial charge in [-0.3, -0.25) is 4.79 Å². The molecule has 1 unspecified atom stereocenters. The van der Waals surface area contributed by atoms with E-state index in [1.165, 1.54) is 19.2 Å². The highest BCUT2D eigenvalue weighted by Crippen LogP contribution is 2.36. The van der Waals surface area contributed by atoms with Crippen LogP contribution in [0.25, 0.3) is 11.1 Å². The molecule has 3 aromatic carbocycles. The number of hydrogen-bond donors (Lipinski definition) is 1. The highest BCUT2D eigenvalue weighted by molar-refractivity contribution is 7.93. The van der Waals surface area contributed by atoms with Crippen LogP contribution in [0, 0.1) is 0 Å². The van der Waals surface area contributed by atoms with Crippen molar-refractivity contribution in [2.45, 2.75) is 41.9 Å². The molecule has 0 spiro atoms.